The van der Waals surface area contributed by atoms with Gasteiger partial charge >= 0.3 is 0 Å². The van der Waals surface area contributed by atoms with Crippen LogP contribution in [0.5, 0.6) is 5.75 Å². The predicted octanol–water partition coefficient (Wildman–Crippen LogP) is 4.03. The van der Waals surface area contributed by atoms with E-state index < -0.39 is 10.2 Å². The summed E-state index contributed by atoms with van der Waals surface area (Å²) in [4.78, 5) is 23.9. The molecule has 0 saturated heterocycles. The molecule has 2 aromatic carbocycles. The quantitative estimate of drug-likeness (QED) is 0.485. The second kappa shape index (κ2) is 7.83. The monoisotopic (exact) mass is 346 g/mol. The Labute approximate surface area is 144 Å². The van der Waals surface area contributed by atoms with Gasteiger partial charge in [0.15, 0.2) is 0 Å². The molecular formula is C17H18N2O4S. The van der Waals surface area contributed by atoms with E-state index in [1.807, 2.05) is 31.2 Å². The maximum atomic E-state index is 12.3. The molecule has 0 bridgehead atoms. The Balaban J connectivity index is 2.11. The first-order valence-corrected chi connectivity index (χ1v) is 8.15. The summed E-state index contributed by atoms with van der Waals surface area (Å²) < 4.78 is 4.98. The van der Waals surface area contributed by atoms with E-state index in [0.717, 1.165) is 10.5 Å². The first-order valence-electron chi connectivity index (χ1n) is 7.27. The van der Waals surface area contributed by atoms with Crippen molar-refractivity contribution < 1.29 is 14.5 Å². The second-order valence-electron chi connectivity index (χ2n) is 5.20. The largest absolute Gasteiger partial charge is 0.496 e. The standard InChI is InChI=1S/C17H18N2O4S/c1-11-4-7-14(8-5-11)24-12(2)17(20)18-15-9-6-13(23-3)10-16(15)19(21)22/h4-10,12H,1-3H3,(H,18,20). The van der Waals surface area contributed by atoms with E-state index in [2.05, 4.69) is 5.32 Å². The molecule has 0 heterocycles. The number of nitrogens with one attached hydrogen (secondary N) is 1. The fourth-order valence-electron chi connectivity index (χ4n) is 2.00. The predicted molar refractivity (Wildman–Crippen MR) is 94.8 cm³/mol. The first kappa shape index (κ1) is 17.8. The number of methoxy groups -OCH3 is 1. The van der Waals surface area contributed by atoms with Crippen LogP contribution in [-0.4, -0.2) is 23.2 Å². The summed E-state index contributed by atoms with van der Waals surface area (Å²) >= 11 is 1.39. The molecule has 0 saturated carbocycles. The molecule has 0 aliphatic rings. The Morgan fingerprint density at radius 2 is 1.92 bits per heavy atom. The zero-order chi connectivity index (χ0) is 17.7. The van der Waals surface area contributed by atoms with Crippen molar-refractivity contribution in [2.75, 3.05) is 12.4 Å². The highest BCUT2D eigenvalue weighted by Gasteiger charge is 2.20. The molecule has 0 fully saturated rings. The van der Waals surface area contributed by atoms with Crippen molar-refractivity contribution in [3.8, 4) is 5.75 Å². The summed E-state index contributed by atoms with van der Waals surface area (Å²) in [5, 5.41) is 13.4. The van der Waals surface area contributed by atoms with Crippen LogP contribution in [0.3, 0.4) is 0 Å². The van der Waals surface area contributed by atoms with Crippen molar-refractivity contribution >= 4 is 29.0 Å². The maximum absolute atomic E-state index is 12.3. The van der Waals surface area contributed by atoms with E-state index in [4.69, 9.17) is 4.74 Å². The molecule has 0 spiro atoms. The molecule has 24 heavy (non-hydrogen) atoms. The van der Waals surface area contributed by atoms with Crippen molar-refractivity contribution in [2.24, 2.45) is 0 Å². The minimum atomic E-state index is -0.546. The number of carbonyl (C=O) groups excluding carboxylic acids is 1. The number of hydrogen-bond donors (Lipinski definition) is 1. The van der Waals surface area contributed by atoms with Crippen LogP contribution in [0.4, 0.5) is 11.4 Å². The van der Waals surface area contributed by atoms with E-state index in [9.17, 15) is 14.9 Å². The van der Waals surface area contributed by atoms with Crippen LogP contribution in [0.15, 0.2) is 47.4 Å². The third-order valence-electron chi connectivity index (χ3n) is 3.36. The number of carbonyl (C=O) groups is 1. The van der Waals surface area contributed by atoms with Crippen molar-refractivity contribution in [1.82, 2.24) is 0 Å². The molecule has 1 amide bonds. The number of anilines is 1. The van der Waals surface area contributed by atoms with Crippen LogP contribution in [0.25, 0.3) is 0 Å². The number of thioether (sulfide) groups is 1. The summed E-state index contributed by atoms with van der Waals surface area (Å²) in [6.45, 7) is 3.75. The highest BCUT2D eigenvalue weighted by Crippen LogP contribution is 2.30. The normalized spacial score (nSPS) is 11.6. The summed E-state index contributed by atoms with van der Waals surface area (Å²) in [5.74, 6) is 0.0654. The fraction of sp³-hybridized carbons (Fsp3) is 0.235. The number of hydrogen-bond acceptors (Lipinski definition) is 5. The van der Waals surface area contributed by atoms with E-state index in [0.29, 0.717) is 5.75 Å². The Hall–Kier alpha value is -2.54. The Morgan fingerprint density at radius 3 is 2.50 bits per heavy atom. The molecule has 0 aromatic heterocycles. The molecule has 0 aliphatic heterocycles. The number of rotatable bonds is 6. The number of nitro groups is 1. The Morgan fingerprint density at radius 1 is 1.25 bits per heavy atom. The van der Waals surface area contributed by atoms with E-state index in [1.165, 1.54) is 31.0 Å². The lowest BCUT2D eigenvalue weighted by Crippen LogP contribution is -2.22. The minimum Gasteiger partial charge on any atom is -0.496 e. The van der Waals surface area contributed by atoms with E-state index >= 15 is 0 Å². The highest BCUT2D eigenvalue weighted by molar-refractivity contribution is 8.00. The van der Waals surface area contributed by atoms with Gasteiger partial charge in [-0.1, -0.05) is 17.7 Å². The van der Waals surface area contributed by atoms with Gasteiger partial charge in [-0.2, -0.15) is 0 Å². The number of amides is 1. The fourth-order valence-corrected chi connectivity index (χ4v) is 2.87. The van der Waals surface area contributed by atoms with Gasteiger partial charge in [0.1, 0.15) is 11.4 Å². The summed E-state index contributed by atoms with van der Waals surface area (Å²) in [5.41, 5.74) is 1.10. The Bertz CT molecular complexity index is 747. The number of benzene rings is 2. The van der Waals surface area contributed by atoms with Crippen LogP contribution in [0.2, 0.25) is 0 Å². The average Bonchev–Trinajstić information content (AvgIpc) is 2.57. The smallest absolute Gasteiger partial charge is 0.296 e. The third-order valence-corrected chi connectivity index (χ3v) is 4.47. The minimum absolute atomic E-state index is 0.155. The topological polar surface area (TPSA) is 81.5 Å². The molecule has 6 nitrogen and oxygen atoms in total. The number of aryl methyl sites for hydroxylation is 1. The van der Waals surface area contributed by atoms with Crippen LogP contribution < -0.4 is 10.1 Å². The molecule has 0 radical (unpaired) electrons. The first-order chi connectivity index (χ1) is 11.4. The van der Waals surface area contributed by atoms with Gasteiger partial charge in [-0.3, -0.25) is 14.9 Å². The highest BCUT2D eigenvalue weighted by atomic mass is 32.2. The lowest BCUT2D eigenvalue weighted by Gasteiger charge is -2.13. The second-order valence-corrected chi connectivity index (χ2v) is 6.62. The lowest BCUT2D eigenvalue weighted by atomic mass is 10.2. The average molecular weight is 346 g/mol. The molecule has 126 valence electrons. The van der Waals surface area contributed by atoms with Gasteiger partial charge in [-0.05, 0) is 38.1 Å². The van der Waals surface area contributed by atoms with E-state index in [1.54, 1.807) is 13.0 Å². The van der Waals surface area contributed by atoms with Crippen LogP contribution >= 0.6 is 11.8 Å². The molecule has 1 unspecified atom stereocenters. The van der Waals surface area contributed by atoms with E-state index in [-0.39, 0.29) is 17.3 Å². The van der Waals surface area contributed by atoms with Crippen LogP contribution in [-0.2, 0) is 4.79 Å². The van der Waals surface area contributed by atoms with Crippen LogP contribution in [0, 0.1) is 17.0 Å². The number of nitro benzene ring substituents is 1. The zero-order valence-corrected chi connectivity index (χ0v) is 14.4. The van der Waals surface area contributed by atoms with Crippen molar-refractivity contribution in [1.29, 1.82) is 0 Å². The van der Waals surface area contributed by atoms with Crippen molar-refractivity contribution in [2.45, 2.75) is 24.0 Å². The van der Waals surface area contributed by atoms with Gasteiger partial charge in [0.25, 0.3) is 5.69 Å². The molecule has 2 aromatic rings. The van der Waals surface area contributed by atoms with Gasteiger partial charge in [0, 0.05) is 4.90 Å². The van der Waals surface area contributed by atoms with Gasteiger partial charge in [-0.25, -0.2) is 0 Å². The summed E-state index contributed by atoms with van der Waals surface area (Å²) in [7, 11) is 1.43. The molecule has 1 atom stereocenters. The van der Waals surface area contributed by atoms with Gasteiger partial charge in [-0.15, -0.1) is 11.8 Å². The maximum Gasteiger partial charge on any atom is 0.296 e. The number of nitrogens with zero attached hydrogens (tertiary/aromatic N) is 1. The van der Waals surface area contributed by atoms with Gasteiger partial charge in [0.05, 0.1) is 23.3 Å². The molecule has 0 aliphatic carbocycles. The molecule has 1 N–H and O–H groups in total. The summed E-state index contributed by atoms with van der Waals surface area (Å²) in [6, 6.07) is 12.2. The molecule has 7 heteroatoms. The lowest BCUT2D eigenvalue weighted by molar-refractivity contribution is -0.384. The zero-order valence-electron chi connectivity index (χ0n) is 13.6. The summed E-state index contributed by atoms with van der Waals surface area (Å²) in [6.07, 6.45) is 0. The van der Waals surface area contributed by atoms with Gasteiger partial charge in [0.2, 0.25) is 5.91 Å². The molecule has 2 rings (SSSR count). The number of ether oxygens (including phenoxy) is 1. The van der Waals surface area contributed by atoms with Gasteiger partial charge < -0.3 is 10.1 Å². The van der Waals surface area contributed by atoms with Crippen molar-refractivity contribution in [3.05, 3.63) is 58.1 Å². The third kappa shape index (κ3) is 4.48. The van der Waals surface area contributed by atoms with Crippen molar-refractivity contribution in [3.63, 3.8) is 0 Å². The molecular weight excluding hydrogens is 328 g/mol. The van der Waals surface area contributed by atoms with Crippen LogP contribution in [0.1, 0.15) is 12.5 Å². The SMILES string of the molecule is COc1ccc(NC(=O)C(C)Sc2ccc(C)cc2)c([N+](=O)[O-])c1. The Kier molecular flexibility index (Phi) is 5.81.